The Hall–Kier alpha value is -2.47. The Bertz CT molecular complexity index is 1170. The number of nitrogens with zero attached hydrogens (tertiary/aromatic N) is 2. The number of phenolic OH excluding ortho intramolecular Hbond substituents is 2. The van der Waals surface area contributed by atoms with Crippen LogP contribution in [-0.2, 0) is 17.1 Å². The van der Waals surface area contributed by atoms with Crippen molar-refractivity contribution in [1.29, 1.82) is 0 Å². The van der Waals surface area contributed by atoms with Gasteiger partial charge >= 0.3 is 17.1 Å². The van der Waals surface area contributed by atoms with Crippen LogP contribution in [0.2, 0.25) is 0 Å². The van der Waals surface area contributed by atoms with Crippen LogP contribution >= 0.6 is 0 Å². The number of hydrogen-bond donors (Lipinski definition) is 2. The molecule has 0 aliphatic heterocycles. The van der Waals surface area contributed by atoms with E-state index in [1.807, 2.05) is 61.5 Å². The fraction of sp³-hybridized carbons (Fsp3) is 0.0833. The molecule has 0 aliphatic carbocycles. The SMILES string of the molecule is COc1cccc(-c2ccc(-c3ccc(-c4cccc(C)c4O)cn3)nc2)c1O.[Cl-].[Cl-].[Cl-].[Mn+3]. The number of rotatable bonds is 4. The summed E-state index contributed by atoms with van der Waals surface area (Å²) in [6, 6.07) is 18.5. The Morgan fingerprint density at radius 3 is 1.61 bits per heavy atom. The van der Waals surface area contributed by atoms with E-state index >= 15 is 0 Å². The minimum absolute atomic E-state index is 0. The molecule has 0 atom stereocenters. The van der Waals surface area contributed by atoms with Gasteiger partial charge in [-0.3, -0.25) is 9.97 Å². The number of pyridine rings is 2. The fourth-order valence-corrected chi connectivity index (χ4v) is 3.22. The minimum atomic E-state index is 0. The van der Waals surface area contributed by atoms with Crippen LogP contribution in [0.4, 0.5) is 0 Å². The maximum atomic E-state index is 10.3. The van der Waals surface area contributed by atoms with Gasteiger partial charge in [0.15, 0.2) is 11.5 Å². The average Bonchev–Trinajstić information content (AvgIpc) is 2.76. The summed E-state index contributed by atoms with van der Waals surface area (Å²) in [5, 5.41) is 20.6. The van der Waals surface area contributed by atoms with Crippen LogP contribution in [0.25, 0.3) is 33.6 Å². The van der Waals surface area contributed by atoms with Crippen molar-refractivity contribution >= 4 is 0 Å². The van der Waals surface area contributed by atoms with Crippen molar-refractivity contribution in [3.63, 3.8) is 0 Å². The molecule has 0 spiro atoms. The molecule has 2 N–H and O–H groups in total. The largest absolute Gasteiger partial charge is 3.00 e. The first kappa shape index (κ1) is 30.5. The molecule has 4 aromatic rings. The van der Waals surface area contributed by atoms with Crippen LogP contribution in [0.5, 0.6) is 17.2 Å². The van der Waals surface area contributed by atoms with Gasteiger partial charge in [0, 0.05) is 34.6 Å². The van der Waals surface area contributed by atoms with Crippen LogP contribution in [0, 0.1) is 6.92 Å². The maximum Gasteiger partial charge on any atom is 3.00 e. The average molecular weight is 546 g/mol. The van der Waals surface area contributed by atoms with Crippen LogP contribution < -0.4 is 42.0 Å². The summed E-state index contributed by atoms with van der Waals surface area (Å²) in [4.78, 5) is 8.99. The van der Waals surface area contributed by atoms with Crippen molar-refractivity contribution in [1.82, 2.24) is 9.97 Å². The molecule has 0 unspecified atom stereocenters. The van der Waals surface area contributed by atoms with E-state index in [9.17, 15) is 10.2 Å². The molecular formula is C24H20Cl3MnN2O3. The van der Waals surface area contributed by atoms with Gasteiger partial charge in [-0.1, -0.05) is 42.5 Å². The van der Waals surface area contributed by atoms with Gasteiger partial charge in [-0.05, 0) is 30.7 Å². The number of methoxy groups -OCH3 is 1. The molecular weight excluding hydrogens is 526 g/mol. The monoisotopic (exact) mass is 544 g/mol. The number of aromatic nitrogens is 2. The third-order valence-electron chi connectivity index (χ3n) is 4.87. The fourth-order valence-electron chi connectivity index (χ4n) is 3.22. The molecule has 2 aromatic carbocycles. The van der Waals surface area contributed by atoms with E-state index in [0.717, 1.165) is 33.6 Å². The molecule has 4 rings (SSSR count). The summed E-state index contributed by atoms with van der Waals surface area (Å²) in [6.07, 6.45) is 3.43. The van der Waals surface area contributed by atoms with E-state index in [2.05, 4.69) is 9.97 Å². The molecule has 2 aromatic heterocycles. The van der Waals surface area contributed by atoms with Crippen molar-refractivity contribution in [2.24, 2.45) is 0 Å². The van der Waals surface area contributed by atoms with Crippen molar-refractivity contribution < 1.29 is 69.2 Å². The number of aromatic hydroxyl groups is 2. The summed E-state index contributed by atoms with van der Waals surface area (Å²) in [7, 11) is 1.52. The molecule has 0 bridgehead atoms. The van der Waals surface area contributed by atoms with Gasteiger partial charge in [0.2, 0.25) is 0 Å². The summed E-state index contributed by atoms with van der Waals surface area (Å²) >= 11 is 0. The van der Waals surface area contributed by atoms with Gasteiger partial charge in [0.05, 0.1) is 18.5 Å². The van der Waals surface area contributed by atoms with Gasteiger partial charge in [0.25, 0.3) is 0 Å². The third-order valence-corrected chi connectivity index (χ3v) is 4.87. The number of para-hydroxylation sites is 2. The van der Waals surface area contributed by atoms with Crippen molar-refractivity contribution in [3.8, 4) is 50.9 Å². The second-order valence-corrected chi connectivity index (χ2v) is 6.69. The number of phenols is 2. The Morgan fingerprint density at radius 1 is 0.667 bits per heavy atom. The van der Waals surface area contributed by atoms with E-state index in [0.29, 0.717) is 11.3 Å². The topological polar surface area (TPSA) is 75.5 Å². The molecule has 0 saturated heterocycles. The first-order valence-corrected chi connectivity index (χ1v) is 9.16. The van der Waals surface area contributed by atoms with Crippen molar-refractivity contribution in [2.75, 3.05) is 7.11 Å². The summed E-state index contributed by atoms with van der Waals surface area (Å²) in [5.74, 6) is 0.774. The van der Waals surface area contributed by atoms with Crippen LogP contribution in [0.1, 0.15) is 5.56 Å². The number of aryl methyl sites for hydroxylation is 1. The molecule has 9 heteroatoms. The Kier molecular flexibility index (Phi) is 12.3. The first-order chi connectivity index (χ1) is 14.1. The number of hydrogen-bond acceptors (Lipinski definition) is 5. The minimum Gasteiger partial charge on any atom is -1.00 e. The molecule has 0 amide bonds. The quantitative estimate of drug-likeness (QED) is 0.258. The molecule has 0 fully saturated rings. The van der Waals surface area contributed by atoms with Crippen LogP contribution in [-0.4, -0.2) is 27.3 Å². The number of benzene rings is 2. The van der Waals surface area contributed by atoms with E-state index in [1.54, 1.807) is 18.5 Å². The number of ether oxygens (including phenoxy) is 1. The van der Waals surface area contributed by atoms with Gasteiger partial charge in [-0.25, -0.2) is 0 Å². The summed E-state index contributed by atoms with van der Waals surface area (Å²) in [6.45, 7) is 1.87. The van der Waals surface area contributed by atoms with E-state index in [1.165, 1.54) is 7.11 Å². The van der Waals surface area contributed by atoms with E-state index in [-0.39, 0.29) is 65.8 Å². The van der Waals surface area contributed by atoms with E-state index in [4.69, 9.17) is 4.74 Å². The first-order valence-electron chi connectivity index (χ1n) is 9.16. The van der Waals surface area contributed by atoms with Gasteiger partial charge < -0.3 is 52.2 Å². The molecule has 0 saturated carbocycles. The van der Waals surface area contributed by atoms with Gasteiger partial charge in [-0.15, -0.1) is 0 Å². The maximum absolute atomic E-state index is 10.3. The zero-order valence-corrected chi connectivity index (χ0v) is 21.1. The van der Waals surface area contributed by atoms with Crippen LogP contribution in [0.15, 0.2) is 73.1 Å². The van der Waals surface area contributed by atoms with Gasteiger partial charge in [0.1, 0.15) is 5.75 Å². The van der Waals surface area contributed by atoms with Crippen molar-refractivity contribution in [3.05, 3.63) is 78.6 Å². The van der Waals surface area contributed by atoms with Crippen LogP contribution in [0.3, 0.4) is 0 Å². The molecule has 2 heterocycles. The number of halogens is 3. The second kappa shape index (κ2) is 13.3. The standard InChI is InChI=1S/C24H20N2O3.3ClH.Mn/c1-15-5-3-6-18(23(15)27)16-9-11-20(25-13-16)21-12-10-17(14-26-21)19-7-4-8-22(29-2)24(19)28;;;;/h3-14,27-28H,1-2H3;3*1H;/q;;;;+3/p-3. The molecule has 0 radical (unpaired) electrons. The third kappa shape index (κ3) is 6.32. The Morgan fingerprint density at radius 2 is 1.15 bits per heavy atom. The smallest absolute Gasteiger partial charge is 1.00 e. The second-order valence-electron chi connectivity index (χ2n) is 6.69. The predicted octanol–water partition coefficient (Wildman–Crippen LogP) is -3.78. The Balaban J connectivity index is 0.00000256. The van der Waals surface area contributed by atoms with Gasteiger partial charge in [-0.2, -0.15) is 0 Å². The predicted molar refractivity (Wildman–Crippen MR) is 113 cm³/mol. The molecule has 33 heavy (non-hydrogen) atoms. The molecule has 5 nitrogen and oxygen atoms in total. The van der Waals surface area contributed by atoms with E-state index < -0.39 is 0 Å². The zero-order chi connectivity index (χ0) is 20.4. The molecule has 172 valence electrons. The van der Waals surface area contributed by atoms with Crippen molar-refractivity contribution in [2.45, 2.75) is 6.92 Å². The zero-order valence-electron chi connectivity index (χ0n) is 17.6. The normalized spacial score (nSPS) is 9.39. The molecule has 0 aliphatic rings. The summed E-state index contributed by atoms with van der Waals surface area (Å²) in [5.41, 5.74) is 5.30. The summed E-state index contributed by atoms with van der Waals surface area (Å²) < 4.78 is 5.17. The Labute approximate surface area is 222 Å².